The number of amides is 1. The Morgan fingerprint density at radius 1 is 1.28 bits per heavy atom. The van der Waals surface area contributed by atoms with E-state index in [1.807, 2.05) is 25.1 Å². The van der Waals surface area contributed by atoms with Crippen molar-refractivity contribution in [2.24, 2.45) is 5.92 Å². The molecule has 2 aromatic rings. The molecule has 1 N–H and O–H groups in total. The average molecular weight is 433 g/mol. The van der Waals surface area contributed by atoms with Crippen LogP contribution in [0.3, 0.4) is 0 Å². The Hall–Kier alpha value is -2.40. The van der Waals surface area contributed by atoms with Crippen LogP contribution in [0.15, 0.2) is 36.4 Å². The number of nitriles is 1. The van der Waals surface area contributed by atoms with Crippen molar-refractivity contribution in [3.63, 3.8) is 0 Å². The summed E-state index contributed by atoms with van der Waals surface area (Å²) in [7, 11) is 0. The van der Waals surface area contributed by atoms with Crippen LogP contribution >= 0.6 is 23.6 Å². The van der Waals surface area contributed by atoms with E-state index < -0.39 is 0 Å². The summed E-state index contributed by atoms with van der Waals surface area (Å²) in [6.45, 7) is 3.17. The lowest BCUT2D eigenvalue weighted by Gasteiger charge is -2.21. The molecule has 1 heterocycles. The van der Waals surface area contributed by atoms with Gasteiger partial charge >= 0.3 is 0 Å². The van der Waals surface area contributed by atoms with Crippen LogP contribution in [0.1, 0.15) is 17.5 Å². The topological polar surface area (TPSA) is 80.6 Å². The third kappa shape index (κ3) is 6.86. The van der Waals surface area contributed by atoms with Gasteiger partial charge in [-0.1, -0.05) is 11.6 Å². The standard InChI is InChI=1S/C21H21ClN2O4S/c1-14-4-18(26-12-21(25)24-11-15-2-3-27-29-13-15)9-19(5-14)28-20-7-16(10-23)6-17(22)8-20/h4-9,15H,2-3,11-13H2,1H3,(H,24,25). The lowest BCUT2D eigenvalue weighted by molar-refractivity contribution is -0.123. The Labute approximate surface area is 179 Å². The van der Waals surface area contributed by atoms with Crippen LogP contribution in [0.5, 0.6) is 17.2 Å². The van der Waals surface area contributed by atoms with Gasteiger partial charge in [0.15, 0.2) is 6.61 Å². The number of benzene rings is 2. The van der Waals surface area contributed by atoms with E-state index in [2.05, 4.69) is 5.32 Å². The van der Waals surface area contributed by atoms with Gasteiger partial charge in [0.1, 0.15) is 17.2 Å². The highest BCUT2D eigenvalue weighted by atomic mass is 35.5. The van der Waals surface area contributed by atoms with Gasteiger partial charge in [0.05, 0.1) is 18.2 Å². The minimum atomic E-state index is -0.168. The van der Waals surface area contributed by atoms with E-state index in [0.717, 1.165) is 24.3 Å². The average Bonchev–Trinajstić information content (AvgIpc) is 2.70. The quantitative estimate of drug-likeness (QED) is 0.649. The van der Waals surface area contributed by atoms with E-state index in [-0.39, 0.29) is 12.5 Å². The molecule has 1 fully saturated rings. The molecule has 6 nitrogen and oxygen atoms in total. The number of nitrogens with zero attached hydrogens (tertiary/aromatic N) is 1. The number of hydrogen-bond donors (Lipinski definition) is 1. The molecule has 29 heavy (non-hydrogen) atoms. The lowest BCUT2D eigenvalue weighted by atomic mass is 10.1. The Bertz CT molecular complexity index is 910. The second kappa shape index (κ2) is 10.4. The van der Waals surface area contributed by atoms with Gasteiger partial charge in [-0.2, -0.15) is 5.26 Å². The fourth-order valence-electron chi connectivity index (χ4n) is 2.80. The van der Waals surface area contributed by atoms with E-state index in [0.29, 0.717) is 40.3 Å². The number of carbonyl (C=O) groups is 1. The smallest absolute Gasteiger partial charge is 0.257 e. The Morgan fingerprint density at radius 3 is 2.83 bits per heavy atom. The highest BCUT2D eigenvalue weighted by molar-refractivity contribution is 7.94. The Balaban J connectivity index is 1.56. The second-order valence-corrected chi connectivity index (χ2v) is 7.97. The van der Waals surface area contributed by atoms with Crippen LogP contribution in [0, 0.1) is 24.2 Å². The fraction of sp³-hybridized carbons (Fsp3) is 0.333. The van der Waals surface area contributed by atoms with E-state index in [1.54, 1.807) is 24.3 Å². The largest absolute Gasteiger partial charge is 0.484 e. The van der Waals surface area contributed by atoms with Crippen molar-refractivity contribution >= 4 is 29.6 Å². The predicted molar refractivity (Wildman–Crippen MR) is 112 cm³/mol. The van der Waals surface area contributed by atoms with E-state index >= 15 is 0 Å². The predicted octanol–water partition coefficient (Wildman–Crippen LogP) is 4.49. The maximum Gasteiger partial charge on any atom is 0.257 e. The van der Waals surface area contributed by atoms with Gasteiger partial charge in [0.2, 0.25) is 0 Å². The minimum absolute atomic E-state index is 0.0744. The molecule has 1 unspecified atom stereocenters. The molecular weight excluding hydrogens is 412 g/mol. The SMILES string of the molecule is Cc1cc(OCC(=O)NCC2CCOSC2)cc(Oc2cc(Cl)cc(C#N)c2)c1. The Kier molecular flexibility index (Phi) is 7.64. The monoisotopic (exact) mass is 432 g/mol. The first-order valence-corrected chi connectivity index (χ1v) is 10.4. The first-order chi connectivity index (χ1) is 14.0. The van der Waals surface area contributed by atoms with Crippen molar-refractivity contribution in [3.05, 3.63) is 52.5 Å². The number of ether oxygens (including phenoxy) is 2. The molecule has 1 atom stereocenters. The zero-order valence-corrected chi connectivity index (χ0v) is 17.5. The molecule has 3 rings (SSSR count). The van der Waals surface area contributed by atoms with Crippen molar-refractivity contribution in [2.75, 3.05) is 25.5 Å². The van der Waals surface area contributed by atoms with Crippen LogP contribution in [0.25, 0.3) is 0 Å². The maximum absolute atomic E-state index is 12.1. The number of nitrogens with one attached hydrogen (secondary N) is 1. The van der Waals surface area contributed by atoms with Gasteiger partial charge in [0.25, 0.3) is 5.91 Å². The van der Waals surface area contributed by atoms with Crippen LogP contribution in [-0.4, -0.2) is 31.4 Å². The highest BCUT2D eigenvalue weighted by Gasteiger charge is 2.15. The summed E-state index contributed by atoms with van der Waals surface area (Å²) in [5.41, 5.74) is 1.33. The van der Waals surface area contributed by atoms with Crippen LogP contribution in [0.2, 0.25) is 5.02 Å². The molecule has 8 heteroatoms. The summed E-state index contributed by atoms with van der Waals surface area (Å²) in [5.74, 6) is 2.66. The molecule has 1 aliphatic rings. The molecule has 0 spiro atoms. The van der Waals surface area contributed by atoms with Gasteiger partial charge in [-0.15, -0.1) is 0 Å². The number of halogens is 1. The summed E-state index contributed by atoms with van der Waals surface area (Å²) in [4.78, 5) is 12.1. The van der Waals surface area contributed by atoms with Crippen molar-refractivity contribution in [1.82, 2.24) is 5.32 Å². The third-order valence-corrected chi connectivity index (χ3v) is 5.37. The molecule has 0 saturated carbocycles. The third-order valence-electron chi connectivity index (χ3n) is 4.21. The molecule has 152 valence electrons. The van der Waals surface area contributed by atoms with Crippen molar-refractivity contribution in [1.29, 1.82) is 5.26 Å². The summed E-state index contributed by atoms with van der Waals surface area (Å²) in [5, 5.41) is 12.4. The van der Waals surface area contributed by atoms with Crippen molar-refractivity contribution in [2.45, 2.75) is 13.3 Å². The fourth-order valence-corrected chi connectivity index (χ4v) is 3.81. The number of hydrogen-bond acceptors (Lipinski definition) is 6. The van der Waals surface area contributed by atoms with Crippen molar-refractivity contribution < 1.29 is 18.5 Å². The van der Waals surface area contributed by atoms with Gasteiger partial charge in [-0.3, -0.25) is 4.79 Å². The normalized spacial score (nSPS) is 16.0. The number of carbonyl (C=O) groups excluding carboxylic acids is 1. The molecule has 1 amide bonds. The molecule has 0 bridgehead atoms. The van der Waals surface area contributed by atoms with Gasteiger partial charge in [-0.25, -0.2) is 0 Å². The molecule has 0 aliphatic carbocycles. The van der Waals surface area contributed by atoms with E-state index in [1.165, 1.54) is 12.0 Å². The molecule has 1 aliphatic heterocycles. The maximum atomic E-state index is 12.1. The van der Waals surface area contributed by atoms with Crippen molar-refractivity contribution in [3.8, 4) is 23.3 Å². The zero-order chi connectivity index (χ0) is 20.6. The zero-order valence-electron chi connectivity index (χ0n) is 15.9. The van der Waals surface area contributed by atoms with Crippen LogP contribution in [0.4, 0.5) is 0 Å². The molecular formula is C21H21ClN2O4S. The molecule has 1 saturated heterocycles. The van der Waals surface area contributed by atoms with Crippen LogP contribution < -0.4 is 14.8 Å². The van der Waals surface area contributed by atoms with E-state index in [4.69, 9.17) is 30.5 Å². The summed E-state index contributed by atoms with van der Waals surface area (Å²) in [6, 6.07) is 12.2. The summed E-state index contributed by atoms with van der Waals surface area (Å²) in [6.07, 6.45) is 0.948. The number of rotatable bonds is 7. The molecule has 0 radical (unpaired) electrons. The Morgan fingerprint density at radius 2 is 2.07 bits per heavy atom. The molecule has 2 aromatic carbocycles. The highest BCUT2D eigenvalue weighted by Crippen LogP contribution is 2.29. The minimum Gasteiger partial charge on any atom is -0.484 e. The van der Waals surface area contributed by atoms with Gasteiger partial charge < -0.3 is 19.0 Å². The first kappa shape index (κ1) is 21.3. The van der Waals surface area contributed by atoms with Gasteiger partial charge in [-0.05, 0) is 67.2 Å². The van der Waals surface area contributed by atoms with Gasteiger partial charge in [0, 0.05) is 23.4 Å². The first-order valence-electron chi connectivity index (χ1n) is 9.16. The number of aryl methyl sites for hydroxylation is 1. The van der Waals surface area contributed by atoms with E-state index in [9.17, 15) is 4.79 Å². The molecule has 0 aromatic heterocycles. The lowest BCUT2D eigenvalue weighted by Crippen LogP contribution is -2.35. The second-order valence-electron chi connectivity index (χ2n) is 6.73. The summed E-state index contributed by atoms with van der Waals surface area (Å²) < 4.78 is 16.7. The summed E-state index contributed by atoms with van der Waals surface area (Å²) >= 11 is 7.47. The van der Waals surface area contributed by atoms with Crippen LogP contribution in [-0.2, 0) is 8.98 Å².